The van der Waals surface area contributed by atoms with Crippen LogP contribution in [-0.2, 0) is 4.79 Å². The van der Waals surface area contributed by atoms with E-state index in [2.05, 4.69) is 20.8 Å². The first-order chi connectivity index (χ1) is 12.6. The summed E-state index contributed by atoms with van der Waals surface area (Å²) in [7, 11) is 0. The molecule has 0 unspecified atom stereocenters. The lowest BCUT2D eigenvalue weighted by molar-refractivity contribution is -0.120. The zero-order chi connectivity index (χ0) is 18.1. The molecule has 6 nitrogen and oxygen atoms in total. The Morgan fingerprint density at radius 3 is 2.79 bits per heavy atom. The number of benzene rings is 2. The number of hydrogen-bond acceptors (Lipinski definition) is 4. The summed E-state index contributed by atoms with van der Waals surface area (Å²) in [4.78, 5) is 12.5. The quantitative estimate of drug-likeness (QED) is 0.456. The van der Waals surface area contributed by atoms with E-state index < -0.39 is 0 Å². The van der Waals surface area contributed by atoms with E-state index in [1.165, 1.54) is 0 Å². The average Bonchev–Trinajstić information content (AvgIpc) is 3.06. The van der Waals surface area contributed by atoms with Gasteiger partial charge in [-0.3, -0.25) is 9.89 Å². The molecule has 0 radical (unpaired) electrons. The number of aromatic amines is 1. The van der Waals surface area contributed by atoms with Crippen molar-refractivity contribution in [3.8, 4) is 11.1 Å². The number of anilines is 2. The molecule has 0 spiro atoms. The number of nitrogens with two attached hydrogens (primary N) is 1. The highest BCUT2D eigenvalue weighted by molar-refractivity contribution is 6.33. The number of H-pyrrole nitrogens is 1. The smallest absolute Gasteiger partial charge is 0.229 e. The monoisotopic (exact) mass is 441 g/mol. The predicted molar refractivity (Wildman–Crippen MR) is 120 cm³/mol. The van der Waals surface area contributed by atoms with E-state index in [9.17, 15) is 4.79 Å². The third-order valence-corrected chi connectivity index (χ3v) is 5.10. The highest BCUT2D eigenvalue weighted by atomic mass is 35.5. The SMILES string of the molecule is Cl.Cl.Nc1ccc(Cl)c(-c2ccc3[nH]nc(NC(=O)[C@@H]4CCCNC4)c3c2)c1. The van der Waals surface area contributed by atoms with Crippen LogP contribution >= 0.6 is 36.4 Å². The van der Waals surface area contributed by atoms with Crippen molar-refractivity contribution in [2.45, 2.75) is 12.8 Å². The summed E-state index contributed by atoms with van der Waals surface area (Å²) in [5, 5.41) is 14.9. The van der Waals surface area contributed by atoms with Crippen LogP contribution in [0.3, 0.4) is 0 Å². The van der Waals surface area contributed by atoms with Crippen LogP contribution in [0.2, 0.25) is 5.02 Å². The van der Waals surface area contributed by atoms with Crippen molar-refractivity contribution < 1.29 is 4.79 Å². The van der Waals surface area contributed by atoms with Crippen LogP contribution in [0.1, 0.15) is 12.8 Å². The molecule has 2 heterocycles. The van der Waals surface area contributed by atoms with Crippen LogP contribution in [-0.4, -0.2) is 29.2 Å². The summed E-state index contributed by atoms with van der Waals surface area (Å²) < 4.78 is 0. The van der Waals surface area contributed by atoms with Crippen molar-refractivity contribution in [3.63, 3.8) is 0 Å². The molecule has 5 N–H and O–H groups in total. The lowest BCUT2D eigenvalue weighted by atomic mass is 9.99. The molecule has 1 aliphatic rings. The molecule has 28 heavy (non-hydrogen) atoms. The van der Waals surface area contributed by atoms with E-state index in [1.54, 1.807) is 12.1 Å². The summed E-state index contributed by atoms with van der Waals surface area (Å²) >= 11 is 6.33. The molecule has 9 heteroatoms. The summed E-state index contributed by atoms with van der Waals surface area (Å²) in [6, 6.07) is 11.2. The van der Waals surface area contributed by atoms with Crippen molar-refractivity contribution in [1.82, 2.24) is 15.5 Å². The van der Waals surface area contributed by atoms with E-state index in [4.69, 9.17) is 17.3 Å². The first-order valence-electron chi connectivity index (χ1n) is 8.67. The number of fused-ring (bicyclic) bond motifs is 1. The van der Waals surface area contributed by atoms with Gasteiger partial charge in [0.2, 0.25) is 5.91 Å². The minimum absolute atomic E-state index is 0. The number of carbonyl (C=O) groups is 1. The van der Waals surface area contributed by atoms with E-state index in [0.29, 0.717) is 23.1 Å². The molecular weight excluding hydrogens is 421 g/mol. The number of rotatable bonds is 3. The maximum absolute atomic E-state index is 12.5. The van der Waals surface area contributed by atoms with Crippen molar-refractivity contribution in [2.24, 2.45) is 5.92 Å². The van der Waals surface area contributed by atoms with Gasteiger partial charge in [-0.15, -0.1) is 24.8 Å². The number of nitrogens with one attached hydrogen (secondary N) is 3. The zero-order valence-corrected chi connectivity index (χ0v) is 17.4. The van der Waals surface area contributed by atoms with E-state index >= 15 is 0 Å². The topological polar surface area (TPSA) is 95.8 Å². The fraction of sp³-hybridized carbons (Fsp3) is 0.263. The molecule has 4 rings (SSSR count). The summed E-state index contributed by atoms with van der Waals surface area (Å²) in [6.07, 6.45) is 1.91. The van der Waals surface area contributed by atoms with Crippen molar-refractivity contribution >= 4 is 64.7 Å². The third-order valence-electron chi connectivity index (χ3n) is 4.77. The second-order valence-corrected chi connectivity index (χ2v) is 7.01. The van der Waals surface area contributed by atoms with Gasteiger partial charge < -0.3 is 16.4 Å². The molecule has 1 fully saturated rings. The van der Waals surface area contributed by atoms with Crippen molar-refractivity contribution in [2.75, 3.05) is 24.1 Å². The van der Waals surface area contributed by atoms with Crippen LogP contribution in [0, 0.1) is 5.92 Å². The largest absolute Gasteiger partial charge is 0.399 e. The predicted octanol–water partition coefficient (Wildman–Crippen LogP) is 4.25. The molecule has 0 aliphatic carbocycles. The molecule has 1 aliphatic heterocycles. The molecule has 150 valence electrons. The fourth-order valence-corrected chi connectivity index (χ4v) is 3.56. The van der Waals surface area contributed by atoms with Crippen LogP contribution in [0.4, 0.5) is 11.5 Å². The number of piperidine rings is 1. The lowest BCUT2D eigenvalue weighted by Gasteiger charge is -2.21. The average molecular weight is 443 g/mol. The Hall–Kier alpha value is -1.99. The van der Waals surface area contributed by atoms with Gasteiger partial charge in [-0.25, -0.2) is 0 Å². The molecule has 1 amide bonds. The first-order valence-corrected chi connectivity index (χ1v) is 9.05. The molecule has 0 saturated carbocycles. The highest BCUT2D eigenvalue weighted by Crippen LogP contribution is 2.33. The molecule has 3 aromatic rings. The second kappa shape index (κ2) is 9.47. The van der Waals surface area contributed by atoms with E-state index in [0.717, 1.165) is 41.4 Å². The van der Waals surface area contributed by atoms with Crippen LogP contribution < -0.4 is 16.4 Å². The molecule has 1 atom stereocenters. The molecular formula is C19H22Cl3N5O. The maximum atomic E-state index is 12.5. The van der Waals surface area contributed by atoms with Gasteiger partial charge in [0, 0.05) is 28.2 Å². The summed E-state index contributed by atoms with van der Waals surface area (Å²) in [5.74, 6) is 0.512. The maximum Gasteiger partial charge on any atom is 0.229 e. The van der Waals surface area contributed by atoms with Crippen LogP contribution in [0.15, 0.2) is 36.4 Å². The van der Waals surface area contributed by atoms with Crippen LogP contribution in [0.5, 0.6) is 0 Å². The fourth-order valence-electron chi connectivity index (χ4n) is 3.34. The van der Waals surface area contributed by atoms with Gasteiger partial charge in [0.25, 0.3) is 0 Å². The Labute approximate surface area is 180 Å². The molecule has 1 saturated heterocycles. The van der Waals surface area contributed by atoms with E-state index in [-0.39, 0.29) is 36.6 Å². The Morgan fingerprint density at radius 1 is 1.21 bits per heavy atom. The number of hydrogen-bond donors (Lipinski definition) is 4. The van der Waals surface area contributed by atoms with Gasteiger partial charge in [0.05, 0.1) is 11.4 Å². The van der Waals surface area contributed by atoms with E-state index in [1.807, 2.05) is 24.3 Å². The number of nitrogens with zero attached hydrogens (tertiary/aromatic N) is 1. The van der Waals surface area contributed by atoms with Gasteiger partial charge in [0.1, 0.15) is 0 Å². The number of aromatic nitrogens is 2. The van der Waals surface area contributed by atoms with Gasteiger partial charge in [-0.2, -0.15) is 5.10 Å². The first kappa shape index (κ1) is 22.3. The number of halogens is 3. The van der Waals surface area contributed by atoms with Crippen LogP contribution in [0.25, 0.3) is 22.0 Å². The highest BCUT2D eigenvalue weighted by Gasteiger charge is 2.22. The minimum Gasteiger partial charge on any atom is -0.399 e. The Balaban J connectivity index is 0.00000140. The number of nitrogen functional groups attached to an aromatic ring is 1. The second-order valence-electron chi connectivity index (χ2n) is 6.60. The minimum atomic E-state index is -0.0259. The van der Waals surface area contributed by atoms with Crippen molar-refractivity contribution in [3.05, 3.63) is 41.4 Å². The zero-order valence-electron chi connectivity index (χ0n) is 15.0. The standard InChI is InChI=1S/C19H20ClN5O.2ClH/c20-16-5-4-13(21)9-14(16)11-3-6-17-15(8-11)18(25-24-17)23-19(26)12-2-1-7-22-10-12;;/h3-6,8-9,12,22H,1-2,7,10,21H2,(H2,23,24,25,26);2*1H/t12-;;/m1../s1. The summed E-state index contributed by atoms with van der Waals surface area (Å²) in [6.45, 7) is 1.68. The Bertz CT molecular complexity index is 969. The third kappa shape index (κ3) is 4.52. The van der Waals surface area contributed by atoms with Gasteiger partial charge in [-0.1, -0.05) is 17.7 Å². The van der Waals surface area contributed by atoms with Gasteiger partial charge in [0.15, 0.2) is 5.82 Å². The molecule has 1 aromatic heterocycles. The molecule has 2 aromatic carbocycles. The summed E-state index contributed by atoms with van der Waals surface area (Å²) in [5.41, 5.74) is 9.17. The molecule has 0 bridgehead atoms. The Morgan fingerprint density at radius 2 is 2.04 bits per heavy atom. The van der Waals surface area contributed by atoms with Crippen molar-refractivity contribution in [1.29, 1.82) is 0 Å². The number of amides is 1. The lowest BCUT2D eigenvalue weighted by Crippen LogP contribution is -2.37. The normalized spacial score (nSPS) is 16.1. The number of carbonyl (C=O) groups excluding carboxylic acids is 1. The van der Waals surface area contributed by atoms with Gasteiger partial charge in [-0.05, 0) is 55.3 Å². The van der Waals surface area contributed by atoms with Gasteiger partial charge >= 0.3 is 0 Å². The Kier molecular flexibility index (Phi) is 7.55.